The summed E-state index contributed by atoms with van der Waals surface area (Å²) in [5, 5.41) is 0. The average Bonchev–Trinajstić information content (AvgIpc) is 3.07. The molecule has 0 aromatic carbocycles. The molecule has 0 aliphatic rings. The van der Waals surface area contributed by atoms with E-state index in [1.54, 1.807) is 24.8 Å². The quantitative estimate of drug-likeness (QED) is 0.159. The van der Waals surface area contributed by atoms with E-state index in [2.05, 4.69) is 19.9 Å². The molecule has 0 bridgehead atoms. The Morgan fingerprint density at radius 3 is 0.952 bits per heavy atom. The lowest BCUT2D eigenvalue weighted by Crippen LogP contribution is -2.04. The Bertz CT molecular complexity index is 1470. The van der Waals surface area contributed by atoms with Crippen LogP contribution in [0.5, 0.6) is 11.5 Å². The van der Waals surface area contributed by atoms with E-state index in [1.807, 2.05) is 97.1 Å². The van der Waals surface area contributed by atoms with Crippen LogP contribution < -0.4 is 9.47 Å². The maximum Gasteiger partial charge on any atom is 0.123 e. The number of ether oxygens (including phenoxy) is 2. The monoisotopic (exact) mass is 552 g/mol. The van der Waals surface area contributed by atoms with Gasteiger partial charge < -0.3 is 9.47 Å². The molecule has 206 valence electrons. The van der Waals surface area contributed by atoms with Gasteiger partial charge in [0.2, 0.25) is 0 Å². The molecule has 0 saturated carbocycles. The highest BCUT2D eigenvalue weighted by Gasteiger charge is 2.11. The molecule has 6 heterocycles. The second-order valence-corrected chi connectivity index (χ2v) is 9.41. The summed E-state index contributed by atoms with van der Waals surface area (Å²) in [4.78, 5) is 27.4. The van der Waals surface area contributed by atoms with E-state index in [9.17, 15) is 0 Å². The van der Waals surface area contributed by atoms with Crippen molar-refractivity contribution >= 4 is 0 Å². The molecule has 6 aromatic heterocycles. The van der Waals surface area contributed by atoms with E-state index in [-0.39, 0.29) is 0 Å². The largest absolute Gasteiger partial charge is 0.493 e. The number of hydrogen-bond acceptors (Lipinski definition) is 8. The van der Waals surface area contributed by atoms with Gasteiger partial charge in [0.1, 0.15) is 11.5 Å². The lowest BCUT2D eigenvalue weighted by molar-refractivity contribution is 0.266. The highest BCUT2D eigenvalue weighted by Crippen LogP contribution is 2.28. The van der Waals surface area contributed by atoms with E-state index in [0.29, 0.717) is 13.2 Å². The van der Waals surface area contributed by atoms with Crippen molar-refractivity contribution in [2.45, 2.75) is 12.8 Å². The molecule has 0 spiro atoms. The Balaban J connectivity index is 1.10. The summed E-state index contributed by atoms with van der Waals surface area (Å²) in [5.74, 6) is 1.45. The van der Waals surface area contributed by atoms with Gasteiger partial charge in [-0.2, -0.15) is 0 Å². The van der Waals surface area contributed by atoms with Crippen LogP contribution in [-0.4, -0.2) is 43.1 Å². The van der Waals surface area contributed by atoms with Gasteiger partial charge in [0, 0.05) is 49.1 Å². The van der Waals surface area contributed by atoms with Crippen LogP contribution in [0.2, 0.25) is 0 Å². The molecule has 42 heavy (non-hydrogen) atoms. The molecule has 0 aliphatic heterocycles. The van der Waals surface area contributed by atoms with Gasteiger partial charge in [-0.1, -0.05) is 24.3 Å². The predicted molar refractivity (Wildman–Crippen MR) is 162 cm³/mol. The molecule has 0 radical (unpaired) electrons. The fourth-order valence-corrected chi connectivity index (χ4v) is 4.34. The van der Waals surface area contributed by atoms with E-state index in [1.165, 1.54) is 0 Å². The van der Waals surface area contributed by atoms with Crippen LogP contribution in [0.25, 0.3) is 45.6 Å². The minimum atomic E-state index is 0.533. The van der Waals surface area contributed by atoms with Crippen molar-refractivity contribution in [3.05, 3.63) is 122 Å². The lowest BCUT2D eigenvalue weighted by Gasteiger charge is -2.12. The van der Waals surface area contributed by atoms with Crippen molar-refractivity contribution in [2.24, 2.45) is 0 Å². The lowest BCUT2D eigenvalue weighted by atomic mass is 10.2. The topological polar surface area (TPSA) is 95.8 Å². The first-order valence-electron chi connectivity index (χ1n) is 13.8. The number of pyridine rings is 6. The van der Waals surface area contributed by atoms with Gasteiger partial charge in [-0.05, 0) is 61.4 Å². The first-order valence-corrected chi connectivity index (χ1v) is 13.8. The first kappa shape index (κ1) is 26.7. The number of aromatic nitrogens is 6. The summed E-state index contributed by atoms with van der Waals surface area (Å²) < 4.78 is 12.3. The van der Waals surface area contributed by atoms with Crippen LogP contribution >= 0.6 is 0 Å². The number of rotatable bonds is 11. The minimum Gasteiger partial charge on any atom is -0.493 e. The van der Waals surface area contributed by atoms with Gasteiger partial charge in [-0.25, -0.2) is 9.97 Å². The van der Waals surface area contributed by atoms with Gasteiger partial charge in [-0.15, -0.1) is 0 Å². The Hall–Kier alpha value is -5.50. The number of unbranched alkanes of at least 4 members (excludes halogenated alkanes) is 1. The van der Waals surface area contributed by atoms with Crippen molar-refractivity contribution in [1.82, 2.24) is 29.9 Å². The van der Waals surface area contributed by atoms with E-state index >= 15 is 0 Å². The summed E-state index contributed by atoms with van der Waals surface area (Å²) in [6, 6.07) is 30.7. The average molecular weight is 553 g/mol. The molecule has 0 saturated heterocycles. The fourth-order valence-electron chi connectivity index (χ4n) is 4.34. The Kier molecular flexibility index (Phi) is 8.42. The predicted octanol–water partition coefficient (Wildman–Crippen LogP) is 6.96. The van der Waals surface area contributed by atoms with Crippen LogP contribution in [-0.2, 0) is 0 Å². The maximum absolute atomic E-state index is 6.16. The van der Waals surface area contributed by atoms with Crippen LogP contribution in [0.3, 0.4) is 0 Å². The molecule has 0 fully saturated rings. The molecule has 0 aliphatic carbocycles. The van der Waals surface area contributed by atoms with Crippen molar-refractivity contribution in [2.75, 3.05) is 13.2 Å². The molecule has 8 heteroatoms. The van der Waals surface area contributed by atoms with Crippen LogP contribution in [0, 0.1) is 0 Å². The number of nitrogens with zero attached hydrogens (tertiary/aromatic N) is 6. The van der Waals surface area contributed by atoms with E-state index in [4.69, 9.17) is 19.4 Å². The molecule has 8 nitrogen and oxygen atoms in total. The van der Waals surface area contributed by atoms with Gasteiger partial charge in [-0.3, -0.25) is 19.9 Å². The van der Waals surface area contributed by atoms with Crippen molar-refractivity contribution in [3.8, 4) is 57.1 Å². The summed E-state index contributed by atoms with van der Waals surface area (Å²) in [5.41, 5.74) is 6.07. The van der Waals surface area contributed by atoms with Gasteiger partial charge in [0.05, 0.1) is 58.8 Å². The summed E-state index contributed by atoms with van der Waals surface area (Å²) >= 11 is 0. The second-order valence-electron chi connectivity index (χ2n) is 9.41. The summed E-state index contributed by atoms with van der Waals surface area (Å²) in [6.45, 7) is 1.07. The normalized spacial score (nSPS) is 10.8. The molecule has 0 amide bonds. The third-order valence-corrected chi connectivity index (χ3v) is 6.38. The van der Waals surface area contributed by atoms with Crippen molar-refractivity contribution in [3.63, 3.8) is 0 Å². The van der Waals surface area contributed by atoms with Crippen molar-refractivity contribution in [1.29, 1.82) is 0 Å². The van der Waals surface area contributed by atoms with Gasteiger partial charge in [0.15, 0.2) is 0 Å². The molecule has 6 rings (SSSR count). The molecule has 0 atom stereocenters. The van der Waals surface area contributed by atoms with E-state index in [0.717, 1.165) is 69.9 Å². The molecular weight excluding hydrogens is 524 g/mol. The zero-order valence-corrected chi connectivity index (χ0v) is 22.9. The summed E-state index contributed by atoms with van der Waals surface area (Å²) in [7, 11) is 0. The smallest absolute Gasteiger partial charge is 0.123 e. The highest BCUT2D eigenvalue weighted by atomic mass is 16.5. The molecule has 6 aromatic rings. The SMILES string of the molecule is c1ccc(-c2cc(OCCCCOc3cc(-c4ccccn4)nc(-c4ccccn4)c3)cc(-c3ccccn3)n2)nc1. The Labute approximate surface area is 244 Å². The van der Waals surface area contributed by atoms with Crippen LogP contribution in [0.15, 0.2) is 122 Å². The third-order valence-electron chi connectivity index (χ3n) is 6.38. The number of hydrogen-bond donors (Lipinski definition) is 0. The third kappa shape index (κ3) is 6.79. The highest BCUT2D eigenvalue weighted by molar-refractivity contribution is 5.65. The maximum atomic E-state index is 6.16. The standard InChI is InChI=1S/C34H28N6O2/c1-5-15-35-27(11-1)31-21-25(22-32(39-31)28-12-2-6-16-36-28)41-19-9-10-20-42-26-23-33(29-13-3-7-17-37-29)40-34(24-26)30-14-4-8-18-38-30/h1-8,11-18,21-24H,9-10,19-20H2. The van der Waals surface area contributed by atoms with E-state index < -0.39 is 0 Å². The van der Waals surface area contributed by atoms with Gasteiger partial charge in [0.25, 0.3) is 0 Å². The van der Waals surface area contributed by atoms with Crippen molar-refractivity contribution < 1.29 is 9.47 Å². The first-order chi connectivity index (χ1) is 20.8. The Morgan fingerprint density at radius 1 is 0.381 bits per heavy atom. The molecular formula is C34H28N6O2. The molecule has 0 N–H and O–H groups in total. The fraction of sp³-hybridized carbons (Fsp3) is 0.118. The van der Waals surface area contributed by atoms with Crippen LogP contribution in [0.1, 0.15) is 12.8 Å². The van der Waals surface area contributed by atoms with Crippen LogP contribution in [0.4, 0.5) is 0 Å². The zero-order valence-electron chi connectivity index (χ0n) is 22.9. The minimum absolute atomic E-state index is 0.533. The second kappa shape index (κ2) is 13.2. The van der Waals surface area contributed by atoms with Gasteiger partial charge >= 0.3 is 0 Å². The zero-order chi connectivity index (χ0) is 28.4. The summed E-state index contributed by atoms with van der Waals surface area (Å²) in [6.07, 6.45) is 8.65. The Morgan fingerprint density at radius 2 is 0.690 bits per heavy atom. The molecule has 0 unspecified atom stereocenters.